The van der Waals surface area contributed by atoms with Crippen molar-refractivity contribution in [2.75, 3.05) is 20.3 Å². The molecule has 0 saturated carbocycles. The van der Waals surface area contributed by atoms with Crippen molar-refractivity contribution in [1.82, 2.24) is 14.7 Å². The van der Waals surface area contributed by atoms with Gasteiger partial charge in [-0.1, -0.05) is 12.1 Å². The van der Waals surface area contributed by atoms with Crippen LogP contribution >= 0.6 is 0 Å². The number of aromatic nitrogens is 2. The Hall–Kier alpha value is -1.89. The van der Waals surface area contributed by atoms with E-state index in [1.54, 1.807) is 18.9 Å². The second-order valence-corrected chi connectivity index (χ2v) is 5.91. The van der Waals surface area contributed by atoms with Crippen molar-refractivity contribution in [3.63, 3.8) is 0 Å². The first kappa shape index (κ1) is 12.5. The van der Waals surface area contributed by atoms with Crippen LogP contribution in [0.3, 0.4) is 0 Å². The van der Waals surface area contributed by atoms with E-state index in [1.165, 1.54) is 10.7 Å². The van der Waals surface area contributed by atoms with Crippen LogP contribution in [-0.2, 0) is 30.9 Å². The van der Waals surface area contributed by atoms with Gasteiger partial charge in [0.15, 0.2) is 0 Å². The lowest BCUT2D eigenvalue weighted by molar-refractivity contribution is 0.108. The molecule has 0 spiro atoms. The Bertz CT molecular complexity index is 808. The second kappa shape index (κ2) is 7.79. The van der Waals surface area contributed by atoms with Gasteiger partial charge in [0.1, 0.15) is 5.75 Å². The lowest BCUT2D eigenvalue weighted by Crippen LogP contribution is -2.33. The molecule has 1 aliphatic rings. The molecule has 1 aromatic heterocycles. The SMILES string of the molecule is [2H]C([2H])(OC[C@H](C)N)c1cc2n(n1)CCN(Cc1ccc(OC)cc1)C2([2H])[2H]. The topological polar surface area (TPSA) is 65.5 Å². The third-order valence-electron chi connectivity index (χ3n) is 3.69. The third kappa shape index (κ3) is 4.35. The molecule has 3 rings (SSSR count). The van der Waals surface area contributed by atoms with Crippen LogP contribution in [0.2, 0.25) is 0 Å². The Labute approximate surface area is 148 Å². The first-order valence-electron chi connectivity index (χ1n) is 10.00. The standard InChI is InChI=1S/C18H26N4O2/c1-14(19)12-24-13-16-9-17-11-21(7-8-22(17)20-16)10-15-3-5-18(23-2)6-4-15/h3-6,9,14H,7-8,10-13,19H2,1-2H3/t14-/m0/s1/i11D2,13D2. The molecule has 1 aliphatic heterocycles. The molecular weight excluding hydrogens is 304 g/mol. The van der Waals surface area contributed by atoms with Crippen molar-refractivity contribution in [1.29, 1.82) is 0 Å². The van der Waals surface area contributed by atoms with Crippen LogP contribution in [0.5, 0.6) is 5.75 Å². The first-order chi connectivity index (χ1) is 13.1. The number of hydrogen-bond donors (Lipinski definition) is 1. The Morgan fingerprint density at radius 2 is 2.17 bits per heavy atom. The number of hydrogen-bond acceptors (Lipinski definition) is 5. The highest BCUT2D eigenvalue weighted by Crippen LogP contribution is 2.18. The van der Waals surface area contributed by atoms with E-state index >= 15 is 0 Å². The second-order valence-electron chi connectivity index (χ2n) is 5.91. The Morgan fingerprint density at radius 1 is 1.38 bits per heavy atom. The van der Waals surface area contributed by atoms with Crippen molar-refractivity contribution in [3.8, 4) is 5.75 Å². The molecule has 0 saturated heterocycles. The lowest BCUT2D eigenvalue weighted by atomic mass is 10.2. The van der Waals surface area contributed by atoms with Gasteiger partial charge >= 0.3 is 0 Å². The maximum absolute atomic E-state index is 8.60. The van der Waals surface area contributed by atoms with E-state index in [-0.39, 0.29) is 18.3 Å². The van der Waals surface area contributed by atoms with Crippen molar-refractivity contribution in [2.45, 2.75) is 39.1 Å². The van der Waals surface area contributed by atoms with Gasteiger partial charge in [-0.25, -0.2) is 0 Å². The van der Waals surface area contributed by atoms with Crippen LogP contribution in [0.15, 0.2) is 30.3 Å². The molecule has 0 aliphatic carbocycles. The monoisotopic (exact) mass is 334 g/mol. The fourth-order valence-electron chi connectivity index (χ4n) is 2.48. The van der Waals surface area contributed by atoms with Gasteiger partial charge in [0.25, 0.3) is 0 Å². The number of rotatable bonds is 7. The summed E-state index contributed by atoms with van der Waals surface area (Å²) in [6, 6.07) is 8.66. The van der Waals surface area contributed by atoms with Crippen LogP contribution in [0.4, 0.5) is 0 Å². The molecule has 1 atom stereocenters. The highest BCUT2D eigenvalue weighted by atomic mass is 16.5. The number of nitrogens with zero attached hydrogens (tertiary/aromatic N) is 3. The summed E-state index contributed by atoms with van der Waals surface area (Å²) in [7, 11) is 1.60. The minimum absolute atomic E-state index is 0.0473. The van der Waals surface area contributed by atoms with Crippen molar-refractivity contribution in [2.24, 2.45) is 5.73 Å². The van der Waals surface area contributed by atoms with Gasteiger partial charge in [0, 0.05) is 28.4 Å². The maximum atomic E-state index is 8.60. The zero-order chi connectivity index (χ0) is 20.5. The molecule has 0 unspecified atom stereocenters. The summed E-state index contributed by atoms with van der Waals surface area (Å²) < 4.78 is 45.4. The molecule has 2 N–H and O–H groups in total. The quantitative estimate of drug-likeness (QED) is 0.836. The van der Waals surface area contributed by atoms with Gasteiger partial charge in [0.2, 0.25) is 0 Å². The van der Waals surface area contributed by atoms with E-state index in [9.17, 15) is 0 Å². The van der Waals surface area contributed by atoms with Crippen LogP contribution in [0.25, 0.3) is 0 Å². The first-order valence-corrected chi connectivity index (χ1v) is 8.00. The molecule has 2 aromatic rings. The molecule has 0 fully saturated rings. The summed E-state index contributed by atoms with van der Waals surface area (Å²) in [6.45, 7) is -0.804. The predicted molar refractivity (Wildman–Crippen MR) is 92.6 cm³/mol. The highest BCUT2D eigenvalue weighted by Gasteiger charge is 2.18. The van der Waals surface area contributed by atoms with Gasteiger partial charge in [0.05, 0.1) is 40.9 Å². The van der Waals surface area contributed by atoms with E-state index in [2.05, 4.69) is 5.10 Å². The number of fused-ring (bicyclic) bond motifs is 1. The Kier molecular flexibility index (Phi) is 4.05. The number of benzene rings is 1. The summed E-state index contributed by atoms with van der Waals surface area (Å²) >= 11 is 0. The number of methoxy groups -OCH3 is 1. The van der Waals surface area contributed by atoms with Crippen molar-refractivity contribution < 1.29 is 15.0 Å². The van der Waals surface area contributed by atoms with Gasteiger partial charge in [-0.15, -0.1) is 0 Å². The fraction of sp³-hybridized carbons (Fsp3) is 0.500. The third-order valence-corrected chi connectivity index (χ3v) is 3.69. The van der Waals surface area contributed by atoms with Crippen LogP contribution in [-0.4, -0.2) is 41.0 Å². The highest BCUT2D eigenvalue weighted by molar-refractivity contribution is 5.27. The Morgan fingerprint density at radius 3 is 2.88 bits per heavy atom. The molecule has 1 aromatic carbocycles. The molecule has 0 bridgehead atoms. The molecule has 24 heavy (non-hydrogen) atoms. The van der Waals surface area contributed by atoms with Crippen LogP contribution in [0, 0.1) is 0 Å². The zero-order valence-electron chi connectivity index (χ0n) is 18.0. The molecule has 2 heterocycles. The van der Waals surface area contributed by atoms with E-state index in [4.69, 9.17) is 20.7 Å². The molecule has 130 valence electrons. The zero-order valence-corrected chi connectivity index (χ0v) is 14.0. The van der Waals surface area contributed by atoms with Crippen molar-refractivity contribution >= 4 is 0 Å². The molecular formula is C18H26N4O2. The van der Waals surface area contributed by atoms with E-state index < -0.39 is 13.1 Å². The average Bonchev–Trinajstić information content (AvgIpc) is 3.10. The lowest BCUT2D eigenvalue weighted by Gasteiger charge is -2.27. The minimum Gasteiger partial charge on any atom is -0.497 e. The molecule has 6 nitrogen and oxygen atoms in total. The average molecular weight is 334 g/mol. The molecule has 6 heteroatoms. The van der Waals surface area contributed by atoms with Crippen LogP contribution in [0.1, 0.15) is 29.4 Å². The van der Waals surface area contributed by atoms with Gasteiger partial charge in [-0.05, 0) is 30.7 Å². The summed E-state index contributed by atoms with van der Waals surface area (Å²) in [5.41, 5.74) is 6.97. The predicted octanol–water partition coefficient (Wildman–Crippen LogP) is 1.77. The number of ether oxygens (including phenoxy) is 2. The summed E-state index contributed by atoms with van der Waals surface area (Å²) in [5.74, 6) is 0.752. The normalized spacial score (nSPS) is 21.1. The van der Waals surface area contributed by atoms with Crippen LogP contribution < -0.4 is 10.5 Å². The maximum Gasteiger partial charge on any atom is 0.118 e. The van der Waals surface area contributed by atoms with E-state index in [0.717, 1.165) is 11.3 Å². The fourth-order valence-corrected chi connectivity index (χ4v) is 2.48. The molecule has 0 amide bonds. The van der Waals surface area contributed by atoms with Gasteiger partial charge < -0.3 is 15.2 Å². The number of nitrogens with two attached hydrogens (primary N) is 1. The minimum atomic E-state index is -2.13. The van der Waals surface area contributed by atoms with Gasteiger partial charge in [-0.2, -0.15) is 5.10 Å². The summed E-state index contributed by atoms with van der Waals surface area (Å²) in [5, 5.41) is 4.25. The molecule has 0 radical (unpaired) electrons. The van der Waals surface area contributed by atoms with E-state index in [0.29, 0.717) is 25.3 Å². The largest absolute Gasteiger partial charge is 0.497 e. The van der Waals surface area contributed by atoms with Gasteiger partial charge in [-0.3, -0.25) is 9.58 Å². The summed E-state index contributed by atoms with van der Waals surface area (Å²) in [6.07, 6.45) is 0. The summed E-state index contributed by atoms with van der Waals surface area (Å²) in [4.78, 5) is 1.72. The Balaban J connectivity index is 1.80. The smallest absolute Gasteiger partial charge is 0.118 e. The van der Waals surface area contributed by atoms with E-state index in [1.807, 2.05) is 24.3 Å². The van der Waals surface area contributed by atoms with Crippen molar-refractivity contribution in [3.05, 3.63) is 47.3 Å².